The zero-order valence-corrected chi connectivity index (χ0v) is 7.18. The summed E-state index contributed by atoms with van der Waals surface area (Å²) in [5.74, 6) is 0. The van der Waals surface area contributed by atoms with Crippen molar-refractivity contribution in [2.24, 2.45) is 0 Å². The monoisotopic (exact) mass is 255 g/mol. The van der Waals surface area contributed by atoms with Crippen molar-refractivity contribution in [1.29, 1.82) is 0 Å². The van der Waals surface area contributed by atoms with Crippen LogP contribution < -0.4 is 0 Å². The van der Waals surface area contributed by atoms with Crippen molar-refractivity contribution in [3.63, 3.8) is 0 Å². The highest BCUT2D eigenvalue weighted by atomic mass is 127. The minimum atomic E-state index is -0.377. The zero-order valence-electron chi connectivity index (χ0n) is 4.20. The summed E-state index contributed by atoms with van der Waals surface area (Å²) in [6, 6.07) is 0. The summed E-state index contributed by atoms with van der Waals surface area (Å²) in [5, 5.41) is 13.4. The van der Waals surface area contributed by atoms with Crippen LogP contribution in [0.15, 0.2) is 10.8 Å². The smallest absolute Gasteiger partial charge is 0.258 e. The molecule has 0 atom stereocenters. The minimum absolute atomic E-state index is 0.209. The molecule has 0 aliphatic carbocycles. The molecule has 0 fully saturated rings. The Morgan fingerprint density at radius 1 is 1.67 bits per heavy atom. The van der Waals surface area contributed by atoms with Crippen molar-refractivity contribution < 1.29 is 4.92 Å². The van der Waals surface area contributed by atoms with Crippen molar-refractivity contribution >= 4 is 39.6 Å². The lowest BCUT2D eigenvalue weighted by molar-refractivity contribution is -0.385. The Balaban J connectivity index is 3.08. The molecule has 0 unspecified atom stereocenters. The van der Waals surface area contributed by atoms with Crippen LogP contribution in [0.3, 0.4) is 0 Å². The summed E-state index contributed by atoms with van der Waals surface area (Å²) in [4.78, 5) is 9.71. The third kappa shape index (κ3) is 1.39. The fraction of sp³-hybridized carbons (Fsp3) is 0. The highest BCUT2D eigenvalue weighted by Gasteiger charge is 2.10. The van der Waals surface area contributed by atoms with E-state index in [0.29, 0.717) is 3.57 Å². The minimum Gasteiger partial charge on any atom is -0.258 e. The Bertz CT molecular complexity index is 234. The fourth-order valence-corrected chi connectivity index (χ4v) is 2.06. The zero-order chi connectivity index (χ0) is 6.85. The van der Waals surface area contributed by atoms with Crippen molar-refractivity contribution in [3.8, 4) is 0 Å². The normalized spacial score (nSPS) is 9.44. The van der Waals surface area contributed by atoms with Crippen LogP contribution in [0.25, 0.3) is 0 Å². The van der Waals surface area contributed by atoms with Gasteiger partial charge in [-0.15, -0.1) is 11.3 Å². The van der Waals surface area contributed by atoms with E-state index in [1.165, 1.54) is 16.7 Å². The van der Waals surface area contributed by atoms with Crippen LogP contribution in [-0.2, 0) is 0 Å². The van der Waals surface area contributed by atoms with E-state index in [1.54, 1.807) is 5.38 Å². The quantitative estimate of drug-likeness (QED) is 0.439. The van der Waals surface area contributed by atoms with Crippen LogP contribution >= 0.6 is 33.9 Å². The van der Waals surface area contributed by atoms with Crippen molar-refractivity contribution in [1.82, 2.24) is 0 Å². The maximum atomic E-state index is 10.1. The van der Waals surface area contributed by atoms with Crippen molar-refractivity contribution in [3.05, 3.63) is 24.4 Å². The van der Waals surface area contributed by atoms with Gasteiger partial charge in [-0.25, -0.2) is 0 Å². The van der Waals surface area contributed by atoms with Gasteiger partial charge in [0, 0.05) is 5.38 Å². The lowest BCUT2D eigenvalue weighted by Gasteiger charge is -1.82. The van der Waals surface area contributed by atoms with Gasteiger partial charge in [0.05, 0.1) is 10.3 Å². The first-order valence-corrected chi connectivity index (χ1v) is 4.10. The van der Waals surface area contributed by atoms with E-state index in [1.807, 2.05) is 22.6 Å². The average molecular weight is 255 g/mol. The molecule has 0 saturated carbocycles. The Morgan fingerprint density at radius 3 is 2.56 bits per heavy atom. The molecule has 0 aromatic carbocycles. The van der Waals surface area contributed by atoms with Gasteiger partial charge >= 0.3 is 0 Å². The van der Waals surface area contributed by atoms with Gasteiger partial charge in [-0.2, -0.15) is 0 Å². The maximum Gasteiger partial charge on any atom is 0.293 e. The molecule has 0 aliphatic rings. The van der Waals surface area contributed by atoms with Gasteiger partial charge in [-0.05, 0) is 22.6 Å². The first-order valence-electron chi connectivity index (χ1n) is 2.08. The molecule has 1 aromatic heterocycles. The average Bonchev–Trinajstić information content (AvgIpc) is 2.13. The second-order valence-corrected chi connectivity index (χ2v) is 3.27. The van der Waals surface area contributed by atoms with Crippen LogP contribution in [0.5, 0.6) is 0 Å². The van der Waals surface area contributed by atoms with E-state index in [4.69, 9.17) is 0 Å². The third-order valence-electron chi connectivity index (χ3n) is 0.793. The van der Waals surface area contributed by atoms with E-state index >= 15 is 0 Å². The van der Waals surface area contributed by atoms with E-state index in [-0.39, 0.29) is 10.6 Å². The maximum absolute atomic E-state index is 10.1. The molecule has 0 radical (unpaired) electrons. The van der Waals surface area contributed by atoms with Gasteiger partial charge in [-0.1, -0.05) is 0 Å². The van der Waals surface area contributed by atoms with Crippen LogP contribution in [0.4, 0.5) is 5.69 Å². The second kappa shape index (κ2) is 2.61. The Labute approximate surface area is 69.0 Å². The molecule has 9 heavy (non-hydrogen) atoms. The lowest BCUT2D eigenvalue weighted by atomic mass is 10.6. The molecule has 1 aromatic rings. The van der Waals surface area contributed by atoms with Gasteiger partial charge < -0.3 is 0 Å². The first kappa shape index (κ1) is 6.94. The molecule has 1 rings (SSSR count). The first-order chi connectivity index (χ1) is 4.22. The molecule has 0 spiro atoms. The van der Waals surface area contributed by atoms with E-state index in [2.05, 4.69) is 0 Å². The number of halogens is 1. The van der Waals surface area contributed by atoms with Crippen LogP contribution in [0.2, 0.25) is 0 Å². The lowest BCUT2D eigenvalue weighted by Crippen LogP contribution is -1.85. The highest BCUT2D eigenvalue weighted by Crippen LogP contribution is 2.23. The topological polar surface area (TPSA) is 43.1 Å². The third-order valence-corrected chi connectivity index (χ3v) is 2.81. The van der Waals surface area contributed by atoms with Gasteiger partial charge in [0.2, 0.25) is 0 Å². The Kier molecular flexibility index (Phi) is 2.01. The summed E-state index contributed by atoms with van der Waals surface area (Å²) in [5.41, 5.74) is 0.209. The number of thiophene rings is 1. The van der Waals surface area contributed by atoms with Gasteiger partial charge in [0.1, 0.15) is 3.57 Å². The van der Waals surface area contributed by atoms with Crippen LogP contribution in [-0.4, -0.2) is 4.92 Å². The molecule has 3 nitrogen and oxygen atoms in total. The summed E-state index contributed by atoms with van der Waals surface area (Å²) in [6.07, 6.45) is 0. The summed E-state index contributed by atoms with van der Waals surface area (Å²) >= 11 is 3.28. The molecule has 0 amide bonds. The van der Waals surface area contributed by atoms with Gasteiger partial charge in [-0.3, -0.25) is 10.1 Å². The van der Waals surface area contributed by atoms with E-state index in [9.17, 15) is 10.1 Å². The largest absolute Gasteiger partial charge is 0.293 e. The molecule has 0 bridgehead atoms. The van der Waals surface area contributed by atoms with Gasteiger partial charge in [0.15, 0.2) is 0 Å². The molecule has 1 heterocycles. The molecule has 0 aliphatic heterocycles. The van der Waals surface area contributed by atoms with Crippen LogP contribution in [0, 0.1) is 13.7 Å². The van der Waals surface area contributed by atoms with E-state index in [0.717, 1.165) is 0 Å². The number of nitro groups is 1. The molecular formula is C4H2INO2S. The summed E-state index contributed by atoms with van der Waals surface area (Å²) < 4.78 is 0.711. The van der Waals surface area contributed by atoms with Crippen molar-refractivity contribution in [2.75, 3.05) is 0 Å². The SMILES string of the molecule is O=[N+]([O-])c1cscc1I. The number of hydrogen-bond donors (Lipinski definition) is 0. The number of nitrogens with zero attached hydrogens (tertiary/aromatic N) is 1. The predicted octanol–water partition coefficient (Wildman–Crippen LogP) is 2.26. The Hall–Kier alpha value is -0.170. The van der Waals surface area contributed by atoms with Crippen LogP contribution in [0.1, 0.15) is 0 Å². The Morgan fingerprint density at radius 2 is 2.33 bits per heavy atom. The molecule has 5 heteroatoms. The summed E-state index contributed by atoms with van der Waals surface area (Å²) in [6.45, 7) is 0. The molecule has 0 saturated heterocycles. The number of rotatable bonds is 1. The second-order valence-electron chi connectivity index (χ2n) is 1.36. The summed E-state index contributed by atoms with van der Waals surface area (Å²) in [7, 11) is 0. The molecular weight excluding hydrogens is 253 g/mol. The molecule has 0 N–H and O–H groups in total. The number of hydrogen-bond acceptors (Lipinski definition) is 3. The predicted molar refractivity (Wildman–Crippen MR) is 43.7 cm³/mol. The van der Waals surface area contributed by atoms with Gasteiger partial charge in [0.25, 0.3) is 5.69 Å². The highest BCUT2D eigenvalue weighted by molar-refractivity contribution is 14.1. The van der Waals surface area contributed by atoms with Crippen molar-refractivity contribution in [2.45, 2.75) is 0 Å². The standard InChI is InChI=1S/C4H2INO2S/c5-3-1-9-2-4(3)6(7)8/h1-2H. The van der Waals surface area contributed by atoms with E-state index < -0.39 is 0 Å². The molecule has 48 valence electrons. The fourth-order valence-electron chi connectivity index (χ4n) is 0.405.